The van der Waals surface area contributed by atoms with Gasteiger partial charge in [-0.25, -0.2) is 9.18 Å². The lowest BCUT2D eigenvalue weighted by Crippen LogP contribution is -2.23. The van der Waals surface area contributed by atoms with Gasteiger partial charge in [0.05, 0.1) is 10.0 Å². The van der Waals surface area contributed by atoms with Crippen molar-refractivity contribution in [3.05, 3.63) is 70.1 Å². The van der Waals surface area contributed by atoms with E-state index < -0.39 is 6.03 Å². The van der Waals surface area contributed by atoms with Crippen molar-refractivity contribution in [1.29, 1.82) is 0 Å². The molecule has 2 amide bonds. The van der Waals surface area contributed by atoms with E-state index in [1.54, 1.807) is 30.3 Å². The number of nitrogens with one attached hydrogen (secondary N) is 2. The third-order valence-corrected chi connectivity index (χ3v) is 3.30. The van der Waals surface area contributed by atoms with Crippen LogP contribution >= 0.6 is 23.2 Å². The largest absolute Gasteiger partial charge is 0.323 e. The fourth-order valence-corrected chi connectivity index (χ4v) is 1.86. The van der Waals surface area contributed by atoms with E-state index in [0.29, 0.717) is 21.3 Å². The van der Waals surface area contributed by atoms with Crippen molar-refractivity contribution in [3.8, 4) is 0 Å². The molecule has 0 spiro atoms. The first-order valence-electron chi connectivity index (χ1n) is 6.00. The number of rotatable bonds is 3. The Bertz CT molecular complexity index is 689. The number of carbonyl (C=O) groups excluding carboxylic acids is 1. The zero-order valence-corrected chi connectivity index (χ0v) is 12.3. The highest BCUT2D eigenvalue weighted by Crippen LogP contribution is 2.24. The third-order valence-electron chi connectivity index (χ3n) is 2.56. The SMILES string of the molecule is O=C(N/C=C/c1ccccc1F)Nc1ccc(Cl)c(Cl)c1. The molecule has 21 heavy (non-hydrogen) atoms. The van der Waals surface area contributed by atoms with Crippen LogP contribution in [0.5, 0.6) is 0 Å². The molecule has 0 atom stereocenters. The van der Waals surface area contributed by atoms with Gasteiger partial charge in [-0.15, -0.1) is 0 Å². The van der Waals surface area contributed by atoms with E-state index in [2.05, 4.69) is 10.6 Å². The van der Waals surface area contributed by atoms with Crippen LogP contribution in [-0.4, -0.2) is 6.03 Å². The maximum absolute atomic E-state index is 13.3. The molecule has 0 radical (unpaired) electrons. The number of halogens is 3. The van der Waals surface area contributed by atoms with Crippen molar-refractivity contribution in [1.82, 2.24) is 5.32 Å². The molecule has 0 saturated carbocycles. The summed E-state index contributed by atoms with van der Waals surface area (Å²) in [5, 5.41) is 5.79. The Hall–Kier alpha value is -2.04. The minimum Gasteiger partial charge on any atom is -0.314 e. The number of carbonyl (C=O) groups is 1. The predicted octanol–water partition coefficient (Wildman–Crippen LogP) is 4.92. The van der Waals surface area contributed by atoms with Gasteiger partial charge < -0.3 is 10.6 Å². The van der Waals surface area contributed by atoms with Crippen LogP contribution in [0.25, 0.3) is 6.08 Å². The Morgan fingerprint density at radius 3 is 2.57 bits per heavy atom. The van der Waals surface area contributed by atoms with Gasteiger partial charge in [0.2, 0.25) is 0 Å². The molecule has 0 unspecified atom stereocenters. The molecule has 0 saturated heterocycles. The first-order valence-corrected chi connectivity index (χ1v) is 6.75. The van der Waals surface area contributed by atoms with Crippen molar-refractivity contribution in [3.63, 3.8) is 0 Å². The summed E-state index contributed by atoms with van der Waals surface area (Å²) < 4.78 is 13.3. The molecule has 0 aromatic heterocycles. The molecule has 6 heteroatoms. The highest BCUT2D eigenvalue weighted by Gasteiger charge is 2.03. The van der Waals surface area contributed by atoms with Crippen molar-refractivity contribution in [2.45, 2.75) is 0 Å². The van der Waals surface area contributed by atoms with E-state index in [9.17, 15) is 9.18 Å². The molecular formula is C15H11Cl2FN2O. The standard InChI is InChI=1S/C15H11Cl2FN2O/c16-12-6-5-11(9-13(12)17)20-15(21)19-8-7-10-3-1-2-4-14(10)18/h1-9H,(H2,19,20,21)/b8-7+. The lowest BCUT2D eigenvalue weighted by molar-refractivity contribution is 0.255. The smallest absolute Gasteiger partial charge is 0.314 e. The first-order chi connectivity index (χ1) is 10.1. The van der Waals surface area contributed by atoms with Crippen LogP contribution in [-0.2, 0) is 0 Å². The highest BCUT2D eigenvalue weighted by molar-refractivity contribution is 6.42. The Morgan fingerprint density at radius 2 is 1.86 bits per heavy atom. The van der Waals surface area contributed by atoms with E-state index in [1.807, 2.05) is 0 Å². The number of hydrogen-bond donors (Lipinski definition) is 2. The van der Waals surface area contributed by atoms with E-state index in [4.69, 9.17) is 23.2 Å². The quantitative estimate of drug-likeness (QED) is 0.826. The fourth-order valence-electron chi connectivity index (χ4n) is 1.56. The molecule has 2 aromatic rings. The predicted molar refractivity (Wildman–Crippen MR) is 84.1 cm³/mol. The number of urea groups is 1. The summed E-state index contributed by atoms with van der Waals surface area (Å²) in [7, 11) is 0. The second kappa shape index (κ2) is 7.11. The Kier molecular flexibility index (Phi) is 5.20. The zero-order chi connectivity index (χ0) is 15.2. The Morgan fingerprint density at radius 1 is 1.10 bits per heavy atom. The van der Waals surface area contributed by atoms with E-state index in [0.717, 1.165) is 0 Å². The molecule has 0 fully saturated rings. The molecular weight excluding hydrogens is 314 g/mol. The summed E-state index contributed by atoms with van der Waals surface area (Å²) >= 11 is 11.6. The molecule has 0 aliphatic heterocycles. The Labute approximate surface area is 131 Å². The van der Waals surface area contributed by atoms with Gasteiger partial charge in [-0.2, -0.15) is 0 Å². The maximum Gasteiger partial charge on any atom is 0.323 e. The van der Waals surface area contributed by atoms with Crippen molar-refractivity contribution in [2.24, 2.45) is 0 Å². The van der Waals surface area contributed by atoms with E-state index in [1.165, 1.54) is 24.4 Å². The molecule has 2 aromatic carbocycles. The highest BCUT2D eigenvalue weighted by atomic mass is 35.5. The van der Waals surface area contributed by atoms with Crippen LogP contribution in [0.3, 0.4) is 0 Å². The third kappa shape index (κ3) is 4.48. The summed E-state index contributed by atoms with van der Waals surface area (Å²) in [6.45, 7) is 0. The monoisotopic (exact) mass is 324 g/mol. The first kappa shape index (κ1) is 15.4. The van der Waals surface area contributed by atoms with Crippen molar-refractivity contribution in [2.75, 3.05) is 5.32 Å². The topological polar surface area (TPSA) is 41.1 Å². The maximum atomic E-state index is 13.3. The summed E-state index contributed by atoms with van der Waals surface area (Å²) in [5.41, 5.74) is 0.883. The lowest BCUT2D eigenvalue weighted by atomic mass is 10.2. The molecule has 0 bridgehead atoms. The van der Waals surface area contributed by atoms with Crippen LogP contribution in [0.1, 0.15) is 5.56 Å². The molecule has 0 aliphatic carbocycles. The number of amides is 2. The van der Waals surface area contributed by atoms with Gasteiger partial charge in [-0.3, -0.25) is 0 Å². The van der Waals surface area contributed by atoms with Crippen molar-refractivity contribution >= 4 is 41.0 Å². The van der Waals surface area contributed by atoms with Crippen LogP contribution in [0.4, 0.5) is 14.9 Å². The van der Waals surface area contributed by atoms with Gasteiger partial charge in [0.1, 0.15) is 5.82 Å². The summed E-state index contributed by atoms with van der Waals surface area (Å²) in [5.74, 6) is -0.361. The van der Waals surface area contributed by atoms with Gasteiger partial charge in [0, 0.05) is 17.5 Å². The summed E-state index contributed by atoms with van der Waals surface area (Å²) in [6, 6.07) is 10.5. The second-order valence-electron chi connectivity index (χ2n) is 4.08. The number of hydrogen-bond acceptors (Lipinski definition) is 1. The number of benzene rings is 2. The van der Waals surface area contributed by atoms with Gasteiger partial charge >= 0.3 is 6.03 Å². The van der Waals surface area contributed by atoms with Crippen LogP contribution < -0.4 is 10.6 Å². The molecule has 2 N–H and O–H groups in total. The fraction of sp³-hybridized carbons (Fsp3) is 0. The van der Waals surface area contributed by atoms with Crippen LogP contribution in [0.15, 0.2) is 48.7 Å². The van der Waals surface area contributed by atoms with Crippen LogP contribution in [0.2, 0.25) is 10.0 Å². The van der Waals surface area contributed by atoms with Gasteiger partial charge in [0.15, 0.2) is 0 Å². The summed E-state index contributed by atoms with van der Waals surface area (Å²) in [6.07, 6.45) is 2.81. The molecule has 3 nitrogen and oxygen atoms in total. The molecule has 0 aliphatic rings. The minimum atomic E-state index is -0.471. The Balaban J connectivity index is 1.93. The van der Waals surface area contributed by atoms with E-state index in [-0.39, 0.29) is 5.82 Å². The van der Waals surface area contributed by atoms with Crippen molar-refractivity contribution < 1.29 is 9.18 Å². The molecule has 2 rings (SSSR count). The normalized spacial score (nSPS) is 10.6. The van der Waals surface area contributed by atoms with Crippen LogP contribution in [0, 0.1) is 5.82 Å². The summed E-state index contributed by atoms with van der Waals surface area (Å²) in [4.78, 5) is 11.6. The molecule has 0 heterocycles. The van der Waals surface area contributed by atoms with Gasteiger partial charge in [-0.05, 0) is 30.3 Å². The number of anilines is 1. The minimum absolute atomic E-state index is 0.344. The van der Waals surface area contributed by atoms with Gasteiger partial charge in [0.25, 0.3) is 0 Å². The van der Waals surface area contributed by atoms with Gasteiger partial charge in [-0.1, -0.05) is 41.4 Å². The van der Waals surface area contributed by atoms with E-state index >= 15 is 0 Å². The second-order valence-corrected chi connectivity index (χ2v) is 4.90. The average Bonchev–Trinajstić information content (AvgIpc) is 2.45. The zero-order valence-electron chi connectivity index (χ0n) is 10.7. The average molecular weight is 325 g/mol. The molecule has 108 valence electrons. The lowest BCUT2D eigenvalue weighted by Gasteiger charge is -2.05.